The molecule has 0 saturated heterocycles. The first-order valence-electron chi connectivity index (χ1n) is 45.1. The normalized spacial score (nSPS) is 19.1. The molecular weight excluding hydrogens is 1950 g/mol. The molecule has 0 radical (unpaired) electrons. The molecule has 0 bridgehead atoms. The predicted molar refractivity (Wildman–Crippen MR) is 488 cm³/mol. The van der Waals surface area contributed by atoms with Gasteiger partial charge in [0.1, 0.15) is 127 Å². The van der Waals surface area contributed by atoms with Crippen molar-refractivity contribution in [2.45, 2.75) is 232 Å². The van der Waals surface area contributed by atoms with Crippen molar-refractivity contribution in [2.75, 3.05) is 19.8 Å². The van der Waals surface area contributed by atoms with Gasteiger partial charge in [0.15, 0.2) is 11.6 Å². The fourth-order valence-corrected chi connectivity index (χ4v) is 18.4. The smallest absolute Gasteiger partial charge is 0.416 e. The lowest BCUT2D eigenvalue weighted by molar-refractivity contribution is -0.138. The second-order valence-electron chi connectivity index (χ2n) is 36.6. The van der Waals surface area contributed by atoms with E-state index >= 15 is 0 Å². The highest BCUT2D eigenvalue weighted by molar-refractivity contribution is 6.35. The van der Waals surface area contributed by atoms with Crippen LogP contribution >= 0.6 is 46.4 Å². The van der Waals surface area contributed by atoms with Crippen LogP contribution < -0.4 is 28.4 Å². The Hall–Kier alpha value is -11.0. The van der Waals surface area contributed by atoms with Crippen LogP contribution in [0.25, 0.3) is 0 Å². The molecule has 5 atom stereocenters. The summed E-state index contributed by atoms with van der Waals surface area (Å²) in [5.41, 5.74) is -0.0137. The zero-order valence-corrected chi connectivity index (χ0v) is 80.1. The van der Waals surface area contributed by atoms with Crippen LogP contribution in [0.4, 0.5) is 57.1 Å². The Morgan fingerprint density at radius 2 is 0.621 bits per heavy atom. The molecule has 0 aliphatic heterocycles. The topological polar surface area (TPSA) is 294 Å². The number of halogens is 17. The monoisotopic (exact) mass is 2050 g/mol. The first-order chi connectivity index (χ1) is 65.6. The third kappa shape index (κ3) is 38.1. The number of Topliss-reactive ketones (excluding diaryl/α,β-unsaturated/α-hetero) is 14. The van der Waals surface area contributed by atoms with Crippen molar-refractivity contribution < 1.29 is 153 Å². The number of carbonyl (C=O) groups is 14. The average Bonchev–Trinajstić information content (AvgIpc) is 1.61. The molecule has 8 aliphatic rings. The van der Waals surface area contributed by atoms with Crippen LogP contribution in [0.1, 0.15) is 213 Å². The van der Waals surface area contributed by atoms with E-state index in [1.54, 1.807) is 84.0 Å². The van der Waals surface area contributed by atoms with Crippen molar-refractivity contribution in [3.63, 3.8) is 0 Å². The number of alkyl halides is 9. The maximum absolute atomic E-state index is 13.4. The quantitative estimate of drug-likeness (QED) is 0.0477. The molecule has 8 fully saturated rings. The van der Waals surface area contributed by atoms with Gasteiger partial charge < -0.3 is 28.4 Å². The third-order valence-corrected chi connectivity index (χ3v) is 24.8. The van der Waals surface area contributed by atoms with Crippen molar-refractivity contribution in [3.8, 4) is 34.5 Å². The van der Waals surface area contributed by atoms with Crippen LogP contribution in [0.2, 0.25) is 20.1 Å². The maximum Gasteiger partial charge on any atom is 0.416 e. The zero-order chi connectivity index (χ0) is 103. The van der Waals surface area contributed by atoms with E-state index in [1.165, 1.54) is 18.2 Å². The molecule has 7 aromatic carbocycles. The summed E-state index contributed by atoms with van der Waals surface area (Å²) in [5, 5.41) is 2.03. The van der Waals surface area contributed by atoms with E-state index in [0.717, 1.165) is 73.2 Å². The Kier molecular flexibility index (Phi) is 41.1. The van der Waals surface area contributed by atoms with Gasteiger partial charge in [-0.1, -0.05) is 58.0 Å². The highest BCUT2D eigenvalue weighted by atomic mass is 35.5. The summed E-state index contributed by atoms with van der Waals surface area (Å²) in [6.07, 6.45) is -8.69. The minimum Gasteiger partial charge on any atom is -0.493 e. The van der Waals surface area contributed by atoms with Crippen molar-refractivity contribution in [1.29, 1.82) is 0 Å². The minimum absolute atomic E-state index is 0.00796. The van der Waals surface area contributed by atoms with Crippen LogP contribution in [0, 0.1) is 91.4 Å². The van der Waals surface area contributed by atoms with Gasteiger partial charge in [0.2, 0.25) is 0 Å². The van der Waals surface area contributed by atoms with E-state index in [0.29, 0.717) is 112 Å². The number of benzene rings is 7. The van der Waals surface area contributed by atoms with E-state index in [4.69, 9.17) is 74.8 Å². The molecule has 7 aromatic rings. The molecule has 140 heavy (non-hydrogen) atoms. The molecule has 8 saturated carbocycles. The van der Waals surface area contributed by atoms with E-state index in [9.17, 15) is 124 Å². The van der Waals surface area contributed by atoms with Crippen molar-refractivity contribution >= 4 is 127 Å². The number of ether oxygens (including phenoxy) is 6. The van der Waals surface area contributed by atoms with Gasteiger partial charge in [-0.3, -0.25) is 67.1 Å². The van der Waals surface area contributed by atoms with Crippen molar-refractivity contribution in [3.05, 3.63) is 210 Å². The Balaban J connectivity index is 0.000000183. The SMILES string of the molecule is CC(Oc1cc(F)cc(F)c1)C1CC(=O)CC(=O)C1.CC(Oc1cc(F)ccc1F)C1CC(=O)CC(=O)C1.Cc1cc(C2CC2C2CC(=O)CC(=O)C2)cc(C(F)(F)F)c1.Cc1cc(OC(C)C2CC(=O)CC(=O)C2)cc(C(F)(F)F)c1.Cc1cc(OCC2CC(=O)CC(=O)C2)cc(C(F)(F)F)c1.O=C1CC(=O)CC(CCOc2cc(Cl)cc(Cl)c2)C1.O=C1CC(=O)CC(COc2cc(Cl)cc(Cl)c2)C1. The molecule has 0 amide bonds. The molecule has 15 rings (SSSR count). The summed E-state index contributed by atoms with van der Waals surface area (Å²) in [4.78, 5) is 159. The van der Waals surface area contributed by atoms with E-state index in [2.05, 4.69) is 0 Å². The standard InChI is InChI=1S/C17H17F3O2.C16H17F3O3.C15H15F3O3.C14H14Cl2O3.2C14H14F2O3.C13H12Cl2O3/c1-9-2-10(4-12(3-9)17(18,19)20)15-8-16(15)11-5-13(21)7-14(22)6-11;1-9-3-12(16(17,18)19)7-15(4-9)22-10(2)11-5-13(20)8-14(21)6-11;1-9-2-11(15(16,17)18)6-14(3-9)21-8-10-4-12(19)7-13(20)5-10;15-10-5-11(16)7-14(6-10)19-2-1-9-3-12(17)8-13(18)4-9;1-8(9-2-12(17)7-13(18)3-9)19-14-5-10(15)4-11(16)6-14;1-8(9-4-11(17)7-12(18)5-9)19-14-6-10(15)2-3-13(14)16;14-9-3-10(15)5-13(4-9)18-7-8-1-11(16)6-12(17)2-8/h2-4,11,15-16H,5-8H2,1H3;3-4,7,10-11H,5-6,8H2,1-2H3;2-3,6,10H,4-5,7-8H2,1H3;5-7,9H,1-4,8H2;4-6,8-9H,2-3,7H2,1H3;2-3,6,8-9H,4-5,7H2,1H3;3-5,8H,1-2,6-7H2. The van der Waals surface area contributed by atoms with Crippen LogP contribution in [0.5, 0.6) is 34.5 Å². The zero-order valence-electron chi connectivity index (χ0n) is 77.0. The van der Waals surface area contributed by atoms with Gasteiger partial charge in [0.05, 0.1) is 99.8 Å². The molecule has 8 aliphatic carbocycles. The lowest BCUT2D eigenvalue weighted by atomic mass is 9.83. The number of hydrogen-bond donors (Lipinski definition) is 0. The Bertz CT molecular complexity index is 5530. The summed E-state index contributed by atoms with van der Waals surface area (Å²) in [7, 11) is 0. The summed E-state index contributed by atoms with van der Waals surface area (Å²) in [6.45, 7) is 10.6. The fraction of sp³-hybridized carbons (Fsp3) is 0.456. The number of carbonyl (C=O) groups excluding carboxylic acids is 14. The van der Waals surface area contributed by atoms with Gasteiger partial charge in [-0.05, 0) is 192 Å². The van der Waals surface area contributed by atoms with Gasteiger partial charge in [-0.25, -0.2) is 17.6 Å². The summed E-state index contributed by atoms with van der Waals surface area (Å²) >= 11 is 23.4. The van der Waals surface area contributed by atoms with Gasteiger partial charge in [-0.2, -0.15) is 39.5 Å². The van der Waals surface area contributed by atoms with E-state index < -0.39 is 76.8 Å². The van der Waals surface area contributed by atoms with Crippen LogP contribution in [-0.2, 0) is 85.7 Å². The van der Waals surface area contributed by atoms with E-state index in [1.807, 2.05) is 0 Å². The number of aryl methyl sites for hydroxylation is 3. The molecule has 754 valence electrons. The van der Waals surface area contributed by atoms with Crippen LogP contribution in [-0.4, -0.2) is 119 Å². The lowest BCUT2D eigenvalue weighted by Crippen LogP contribution is -2.33. The predicted octanol–water partition coefficient (Wildman–Crippen LogP) is 23.5. The Morgan fingerprint density at radius 1 is 0.314 bits per heavy atom. The second kappa shape index (κ2) is 51.1. The minimum atomic E-state index is -4.44. The summed E-state index contributed by atoms with van der Waals surface area (Å²) in [6, 6.07) is 26.9. The first kappa shape index (κ1) is 113. The van der Waals surface area contributed by atoms with Gasteiger partial charge >= 0.3 is 18.5 Å². The first-order valence-corrected chi connectivity index (χ1v) is 46.6. The molecule has 20 nitrogen and oxygen atoms in total. The molecule has 0 heterocycles. The maximum atomic E-state index is 13.4. The molecule has 0 aromatic heterocycles. The highest BCUT2D eigenvalue weighted by Gasteiger charge is 2.48. The number of ketones is 14. The average molecular weight is 2050 g/mol. The lowest BCUT2D eigenvalue weighted by Gasteiger charge is -2.27. The van der Waals surface area contributed by atoms with Crippen LogP contribution in [0.3, 0.4) is 0 Å². The molecule has 0 N–H and O–H groups in total. The molecule has 37 heteroatoms. The largest absolute Gasteiger partial charge is 0.493 e. The third-order valence-electron chi connectivity index (χ3n) is 24.0. The summed E-state index contributed by atoms with van der Waals surface area (Å²) in [5.74, 6) is -3.33. The van der Waals surface area contributed by atoms with E-state index in [-0.39, 0.29) is 260 Å². The van der Waals surface area contributed by atoms with Gasteiger partial charge in [-0.15, -0.1) is 0 Å². The second-order valence-corrected chi connectivity index (χ2v) is 38.3. The Labute approximate surface area is 818 Å². The summed E-state index contributed by atoms with van der Waals surface area (Å²) < 4.78 is 200. The van der Waals surface area contributed by atoms with Crippen LogP contribution in [0.15, 0.2) is 127 Å². The Morgan fingerprint density at radius 3 is 1.00 bits per heavy atom. The van der Waals surface area contributed by atoms with Gasteiger partial charge in [0.25, 0.3) is 0 Å². The fourth-order valence-electron chi connectivity index (χ4n) is 17.4. The van der Waals surface area contributed by atoms with Crippen molar-refractivity contribution in [1.82, 2.24) is 0 Å². The van der Waals surface area contributed by atoms with Crippen molar-refractivity contribution in [2.24, 2.45) is 47.3 Å². The van der Waals surface area contributed by atoms with Gasteiger partial charge in [0, 0.05) is 164 Å². The highest BCUT2D eigenvalue weighted by Crippen LogP contribution is 2.55. The molecule has 5 unspecified atom stereocenters. The number of rotatable bonds is 21. The number of hydrogen-bond acceptors (Lipinski definition) is 20. The molecular formula is C103H103Cl4F13O20. The molecule has 0 spiro atoms.